The highest BCUT2D eigenvalue weighted by Gasteiger charge is 2.36. The van der Waals surface area contributed by atoms with Gasteiger partial charge in [0.15, 0.2) is 0 Å². The highest BCUT2D eigenvalue weighted by molar-refractivity contribution is 7.20. The number of thiophene rings is 1. The molecule has 2 heterocycles. The number of carbonyl (C=O) groups excluding carboxylic acids is 2. The maximum Gasteiger partial charge on any atom is 0.573 e. The van der Waals surface area contributed by atoms with Crippen molar-refractivity contribution in [2.24, 2.45) is 0 Å². The third-order valence-electron chi connectivity index (χ3n) is 6.74. The predicted octanol–water partition coefficient (Wildman–Crippen LogP) is 6.24. The minimum Gasteiger partial charge on any atom is -0.497 e. The molecule has 6 nitrogen and oxygen atoms in total. The van der Waals surface area contributed by atoms with Gasteiger partial charge >= 0.3 is 6.36 Å². The Bertz CT molecular complexity index is 1490. The van der Waals surface area contributed by atoms with Gasteiger partial charge in [0.05, 0.1) is 17.6 Å². The Hall–Kier alpha value is -4.05. The fraction of sp³-hybridized carbons (Fsp3) is 0.241. The van der Waals surface area contributed by atoms with Crippen LogP contribution in [-0.4, -0.2) is 49.3 Å². The third kappa shape index (κ3) is 6.01. The van der Waals surface area contributed by atoms with Crippen molar-refractivity contribution in [1.82, 2.24) is 10.2 Å². The number of para-hydroxylation sites is 1. The average molecular weight is 555 g/mol. The SMILES string of the molecule is COc1ccc2sc(C(=O)N3CC[C@@H](NC(=O)c4ccccc4OC(F)(F)F)[C@@H](c4ccccc4)C3)cc2c1. The van der Waals surface area contributed by atoms with Crippen LogP contribution in [0.3, 0.4) is 0 Å². The molecule has 2 amide bonds. The Labute approximate surface area is 227 Å². The van der Waals surface area contributed by atoms with Crippen LogP contribution < -0.4 is 14.8 Å². The molecule has 39 heavy (non-hydrogen) atoms. The summed E-state index contributed by atoms with van der Waals surface area (Å²) >= 11 is 1.41. The van der Waals surface area contributed by atoms with Gasteiger partial charge in [-0.15, -0.1) is 24.5 Å². The molecule has 1 saturated heterocycles. The molecule has 1 fully saturated rings. The number of halogens is 3. The molecule has 5 rings (SSSR count). The molecular weight excluding hydrogens is 529 g/mol. The highest BCUT2D eigenvalue weighted by Crippen LogP contribution is 2.33. The number of nitrogens with zero attached hydrogens (tertiary/aromatic N) is 1. The number of benzene rings is 3. The molecule has 202 valence electrons. The summed E-state index contributed by atoms with van der Waals surface area (Å²) in [5, 5.41) is 3.83. The van der Waals surface area contributed by atoms with Gasteiger partial charge in [-0.25, -0.2) is 0 Å². The second-order valence-corrected chi connectivity index (χ2v) is 10.3. The highest BCUT2D eigenvalue weighted by atomic mass is 32.1. The van der Waals surface area contributed by atoms with Crippen LogP contribution >= 0.6 is 11.3 Å². The zero-order valence-corrected chi connectivity index (χ0v) is 21.7. The van der Waals surface area contributed by atoms with Crippen LogP contribution in [0.1, 0.15) is 37.9 Å². The summed E-state index contributed by atoms with van der Waals surface area (Å²) in [5.41, 5.74) is 0.710. The first-order valence-corrected chi connectivity index (χ1v) is 13.1. The van der Waals surface area contributed by atoms with Crippen molar-refractivity contribution in [3.8, 4) is 11.5 Å². The van der Waals surface area contributed by atoms with E-state index in [0.717, 1.165) is 21.7 Å². The number of ether oxygens (including phenoxy) is 2. The number of hydrogen-bond donors (Lipinski definition) is 1. The molecule has 0 radical (unpaired) electrons. The zero-order chi connectivity index (χ0) is 27.6. The average Bonchev–Trinajstić information content (AvgIpc) is 3.36. The fourth-order valence-electron chi connectivity index (χ4n) is 4.87. The lowest BCUT2D eigenvalue weighted by Gasteiger charge is -2.39. The van der Waals surface area contributed by atoms with Crippen LogP contribution in [0.4, 0.5) is 13.2 Å². The lowest BCUT2D eigenvalue weighted by atomic mass is 9.85. The molecule has 0 bridgehead atoms. The van der Waals surface area contributed by atoms with E-state index in [1.807, 2.05) is 54.6 Å². The Balaban J connectivity index is 1.37. The number of amides is 2. The van der Waals surface area contributed by atoms with Gasteiger partial charge < -0.3 is 19.7 Å². The van der Waals surface area contributed by atoms with Gasteiger partial charge in [-0.05, 0) is 53.8 Å². The first-order chi connectivity index (χ1) is 18.7. The summed E-state index contributed by atoms with van der Waals surface area (Å²) in [6, 6.07) is 21.8. The molecule has 4 aromatic rings. The number of fused-ring (bicyclic) bond motifs is 1. The van der Waals surface area contributed by atoms with E-state index in [9.17, 15) is 22.8 Å². The third-order valence-corrected chi connectivity index (χ3v) is 7.84. The van der Waals surface area contributed by atoms with Gasteiger partial charge in [-0.1, -0.05) is 42.5 Å². The minimum absolute atomic E-state index is 0.107. The molecule has 10 heteroatoms. The first kappa shape index (κ1) is 26.6. The van der Waals surface area contributed by atoms with Crippen LogP contribution in [0.2, 0.25) is 0 Å². The smallest absolute Gasteiger partial charge is 0.497 e. The molecule has 0 spiro atoms. The van der Waals surface area contributed by atoms with Gasteiger partial charge in [0.2, 0.25) is 0 Å². The summed E-state index contributed by atoms with van der Waals surface area (Å²) in [7, 11) is 1.59. The van der Waals surface area contributed by atoms with Gasteiger partial charge in [0, 0.05) is 29.7 Å². The van der Waals surface area contributed by atoms with Crippen LogP contribution in [-0.2, 0) is 0 Å². The lowest BCUT2D eigenvalue weighted by molar-refractivity contribution is -0.274. The van der Waals surface area contributed by atoms with E-state index in [1.54, 1.807) is 12.0 Å². The number of carbonyl (C=O) groups is 2. The molecule has 0 aliphatic carbocycles. The van der Waals surface area contributed by atoms with Crippen molar-refractivity contribution < 1.29 is 32.2 Å². The lowest BCUT2D eigenvalue weighted by Crippen LogP contribution is -2.51. The Kier molecular flexibility index (Phi) is 7.47. The molecule has 1 N–H and O–H groups in total. The maximum absolute atomic E-state index is 13.5. The molecule has 0 saturated carbocycles. The van der Waals surface area contributed by atoms with Gasteiger partial charge in [-0.2, -0.15) is 0 Å². The predicted molar refractivity (Wildman–Crippen MR) is 142 cm³/mol. The van der Waals surface area contributed by atoms with Crippen molar-refractivity contribution in [1.29, 1.82) is 0 Å². The van der Waals surface area contributed by atoms with Gasteiger partial charge in [-0.3, -0.25) is 9.59 Å². The van der Waals surface area contributed by atoms with E-state index >= 15 is 0 Å². The minimum atomic E-state index is -4.92. The monoisotopic (exact) mass is 554 g/mol. The maximum atomic E-state index is 13.5. The fourth-order valence-corrected chi connectivity index (χ4v) is 5.88. The number of nitrogens with one attached hydrogen (secondary N) is 1. The molecule has 1 aliphatic heterocycles. The summed E-state index contributed by atoms with van der Waals surface area (Å²) in [6.45, 7) is 0.720. The normalized spacial score (nSPS) is 17.6. The Morgan fingerprint density at radius 3 is 2.49 bits per heavy atom. The molecule has 0 unspecified atom stereocenters. The topological polar surface area (TPSA) is 67.9 Å². The number of rotatable bonds is 6. The number of likely N-dealkylation sites (tertiary alicyclic amines) is 1. The molecule has 2 atom stereocenters. The molecule has 1 aliphatic rings. The van der Waals surface area contributed by atoms with E-state index in [2.05, 4.69) is 10.1 Å². The Morgan fingerprint density at radius 2 is 1.74 bits per heavy atom. The summed E-state index contributed by atoms with van der Waals surface area (Å²) < 4.78 is 49.0. The van der Waals surface area contributed by atoms with E-state index in [4.69, 9.17) is 4.74 Å². The summed E-state index contributed by atoms with van der Waals surface area (Å²) in [6.07, 6.45) is -4.50. The van der Waals surface area contributed by atoms with Crippen molar-refractivity contribution in [2.75, 3.05) is 20.2 Å². The van der Waals surface area contributed by atoms with E-state index in [-0.39, 0.29) is 17.4 Å². The van der Waals surface area contributed by atoms with Gasteiger partial charge in [0.25, 0.3) is 11.8 Å². The Morgan fingerprint density at radius 1 is 1.00 bits per heavy atom. The van der Waals surface area contributed by atoms with Gasteiger partial charge in [0.1, 0.15) is 11.5 Å². The van der Waals surface area contributed by atoms with Crippen LogP contribution in [0.15, 0.2) is 78.9 Å². The number of alkyl halides is 3. The van der Waals surface area contributed by atoms with Crippen LogP contribution in [0, 0.1) is 0 Å². The van der Waals surface area contributed by atoms with Crippen molar-refractivity contribution in [3.05, 3.63) is 94.9 Å². The van der Waals surface area contributed by atoms with Crippen LogP contribution in [0.5, 0.6) is 11.5 Å². The quantitative estimate of drug-likeness (QED) is 0.307. The number of hydrogen-bond acceptors (Lipinski definition) is 5. The molecule has 1 aromatic heterocycles. The van der Waals surface area contributed by atoms with E-state index in [1.165, 1.54) is 29.5 Å². The number of methoxy groups -OCH3 is 1. The zero-order valence-electron chi connectivity index (χ0n) is 20.9. The molecular formula is C29H25F3N2O4S. The largest absolute Gasteiger partial charge is 0.573 e. The summed E-state index contributed by atoms with van der Waals surface area (Å²) in [5.74, 6) is -0.892. The second kappa shape index (κ2) is 11.0. The standard InChI is InChI=1S/C29H25F3N2O4S/c1-37-20-11-12-25-19(15-20)16-26(39-25)28(36)34-14-13-23(22(17-34)18-7-3-2-4-8-18)33-27(35)21-9-5-6-10-24(21)38-29(30,31)32/h2-12,15-16,22-23H,13-14,17H2,1H3,(H,33,35)/t22-,23-/m1/s1. The number of piperidine rings is 1. The first-order valence-electron chi connectivity index (χ1n) is 12.3. The van der Waals surface area contributed by atoms with E-state index < -0.39 is 24.1 Å². The summed E-state index contributed by atoms with van der Waals surface area (Å²) in [4.78, 5) is 29.0. The van der Waals surface area contributed by atoms with Crippen molar-refractivity contribution in [3.63, 3.8) is 0 Å². The van der Waals surface area contributed by atoms with Crippen molar-refractivity contribution >= 4 is 33.2 Å². The van der Waals surface area contributed by atoms with E-state index in [0.29, 0.717) is 30.1 Å². The second-order valence-electron chi connectivity index (χ2n) is 9.20. The van der Waals surface area contributed by atoms with Crippen LogP contribution in [0.25, 0.3) is 10.1 Å². The van der Waals surface area contributed by atoms with Crippen molar-refractivity contribution in [2.45, 2.75) is 24.7 Å². The molecule has 3 aromatic carbocycles.